The average molecular weight is 522 g/mol. The number of amides is 2. The normalized spacial score (nSPS) is 15.3. The van der Waals surface area contributed by atoms with Gasteiger partial charge in [-0.3, -0.25) is 9.59 Å². The van der Waals surface area contributed by atoms with Gasteiger partial charge in [-0.05, 0) is 68.6 Å². The Balaban J connectivity index is 2.77. The molecule has 212 valence electrons. The Morgan fingerprint density at radius 3 is 2.32 bits per heavy atom. The molecule has 0 saturated carbocycles. The number of hydrogen-bond acceptors (Lipinski definition) is 6. The summed E-state index contributed by atoms with van der Waals surface area (Å²) in [5, 5.41) is 13.8. The monoisotopic (exact) mass is 521 g/mol. The Bertz CT molecular complexity index is 828. The van der Waals surface area contributed by atoms with Crippen LogP contribution in [0.15, 0.2) is 24.3 Å². The highest BCUT2D eigenvalue weighted by atomic mass is 16.5. The third-order valence-corrected chi connectivity index (χ3v) is 7.18. The van der Waals surface area contributed by atoms with Crippen LogP contribution >= 0.6 is 0 Å². The second-order valence-electron chi connectivity index (χ2n) is 11.6. The van der Waals surface area contributed by atoms with Gasteiger partial charge in [0.15, 0.2) is 0 Å². The average Bonchev–Trinajstić information content (AvgIpc) is 2.83. The molecule has 6 N–H and O–H groups in total. The van der Waals surface area contributed by atoms with Crippen molar-refractivity contribution in [3.63, 3.8) is 0 Å². The molecule has 0 saturated heterocycles. The Morgan fingerprint density at radius 2 is 1.76 bits per heavy atom. The number of aliphatic hydroxyl groups is 1. The fourth-order valence-corrected chi connectivity index (χ4v) is 4.20. The molecule has 0 aliphatic rings. The van der Waals surface area contributed by atoms with Gasteiger partial charge in [0.2, 0.25) is 11.8 Å². The van der Waals surface area contributed by atoms with Gasteiger partial charge in [0.1, 0.15) is 5.75 Å². The number of ether oxygens (including phenoxy) is 2. The van der Waals surface area contributed by atoms with E-state index in [0.717, 1.165) is 18.6 Å². The van der Waals surface area contributed by atoms with Crippen molar-refractivity contribution >= 4 is 11.8 Å². The van der Waals surface area contributed by atoms with E-state index in [1.54, 1.807) is 21.0 Å². The maximum Gasteiger partial charge on any atom is 0.224 e. The number of carbonyl (C=O) groups is 2. The van der Waals surface area contributed by atoms with Crippen molar-refractivity contribution in [3.8, 4) is 5.75 Å². The molecule has 4 unspecified atom stereocenters. The first-order valence-electron chi connectivity index (χ1n) is 13.5. The summed E-state index contributed by atoms with van der Waals surface area (Å²) in [6, 6.07) is 7.65. The topological polar surface area (TPSA) is 137 Å². The summed E-state index contributed by atoms with van der Waals surface area (Å²) in [7, 11) is 1.68. The van der Waals surface area contributed by atoms with E-state index in [1.165, 1.54) is 5.56 Å². The van der Waals surface area contributed by atoms with Crippen molar-refractivity contribution < 1.29 is 24.2 Å². The second kappa shape index (κ2) is 15.9. The van der Waals surface area contributed by atoms with Crippen molar-refractivity contribution in [2.75, 3.05) is 26.9 Å². The summed E-state index contributed by atoms with van der Waals surface area (Å²) in [6.45, 7) is 13.0. The molecule has 1 rings (SSSR count). The number of hydrogen-bond donors (Lipinski definition) is 4. The lowest BCUT2D eigenvalue weighted by molar-refractivity contribution is -0.130. The molecule has 1 aromatic carbocycles. The molecule has 0 fully saturated rings. The van der Waals surface area contributed by atoms with Crippen molar-refractivity contribution in [2.24, 2.45) is 40.6 Å². The van der Waals surface area contributed by atoms with Crippen LogP contribution in [0.1, 0.15) is 66.4 Å². The first kappa shape index (κ1) is 32.9. The minimum atomic E-state index is -0.844. The van der Waals surface area contributed by atoms with Crippen molar-refractivity contribution in [1.29, 1.82) is 0 Å². The van der Waals surface area contributed by atoms with Crippen LogP contribution in [0, 0.1) is 29.1 Å². The second-order valence-corrected chi connectivity index (χ2v) is 11.6. The van der Waals surface area contributed by atoms with E-state index in [0.29, 0.717) is 25.6 Å². The third kappa shape index (κ3) is 11.8. The molecule has 0 aromatic heterocycles. The van der Waals surface area contributed by atoms with Gasteiger partial charge in [0.25, 0.3) is 0 Å². The molecule has 0 aliphatic carbocycles. The highest BCUT2D eigenvalue weighted by Crippen LogP contribution is 2.27. The van der Waals surface area contributed by atoms with E-state index >= 15 is 0 Å². The van der Waals surface area contributed by atoms with E-state index in [4.69, 9.17) is 20.9 Å². The third-order valence-electron chi connectivity index (χ3n) is 7.18. The molecule has 0 aliphatic heterocycles. The molecule has 1 aromatic rings. The van der Waals surface area contributed by atoms with Crippen LogP contribution in [0.5, 0.6) is 5.75 Å². The number of nitrogens with one attached hydrogen (secondary N) is 1. The van der Waals surface area contributed by atoms with Crippen molar-refractivity contribution in [2.45, 2.75) is 79.4 Å². The minimum Gasteiger partial charge on any atom is -0.493 e. The van der Waals surface area contributed by atoms with Crippen molar-refractivity contribution in [3.05, 3.63) is 29.8 Å². The molecule has 37 heavy (non-hydrogen) atoms. The van der Waals surface area contributed by atoms with Crippen LogP contribution in [-0.2, 0) is 20.7 Å². The molecule has 2 amide bonds. The Kier molecular flexibility index (Phi) is 14.2. The number of rotatable bonds is 18. The SMILES string of the molecule is COCCCOc1cccc(CC(CC(N)C(O)CC(C(=O)NCC(C)(C)C(N)=O)C(C)C)C(C)C)c1. The molecule has 0 spiro atoms. The van der Waals surface area contributed by atoms with Gasteiger partial charge in [-0.25, -0.2) is 0 Å². The van der Waals surface area contributed by atoms with Gasteiger partial charge in [0, 0.05) is 38.6 Å². The Hall–Kier alpha value is -2.16. The predicted octanol–water partition coefficient (Wildman–Crippen LogP) is 3.28. The highest BCUT2D eigenvalue weighted by molar-refractivity contribution is 5.83. The largest absolute Gasteiger partial charge is 0.493 e. The molecular formula is C29H51N3O5. The van der Waals surface area contributed by atoms with Crippen LogP contribution in [0.4, 0.5) is 0 Å². The first-order chi connectivity index (χ1) is 17.3. The molecule has 0 bridgehead atoms. The van der Waals surface area contributed by atoms with Gasteiger partial charge in [-0.15, -0.1) is 0 Å². The van der Waals surface area contributed by atoms with Gasteiger partial charge < -0.3 is 31.4 Å². The summed E-state index contributed by atoms with van der Waals surface area (Å²) in [4.78, 5) is 24.5. The molecular weight excluding hydrogens is 470 g/mol. The zero-order valence-corrected chi connectivity index (χ0v) is 24.0. The molecule has 8 nitrogen and oxygen atoms in total. The summed E-state index contributed by atoms with van der Waals surface area (Å²) >= 11 is 0. The predicted molar refractivity (Wildman–Crippen MR) is 148 cm³/mol. The summed E-state index contributed by atoms with van der Waals surface area (Å²) in [6.07, 6.45) is 1.74. The lowest BCUT2D eigenvalue weighted by Crippen LogP contribution is -2.46. The summed E-state index contributed by atoms with van der Waals surface area (Å²) in [5.41, 5.74) is 12.2. The zero-order chi connectivity index (χ0) is 28.2. The van der Waals surface area contributed by atoms with Crippen molar-refractivity contribution in [1.82, 2.24) is 5.32 Å². The van der Waals surface area contributed by atoms with Gasteiger partial charge in [-0.1, -0.05) is 39.8 Å². The number of aliphatic hydroxyl groups excluding tert-OH is 1. The Morgan fingerprint density at radius 1 is 1.08 bits per heavy atom. The molecule has 4 atom stereocenters. The maximum atomic E-state index is 12.9. The quantitative estimate of drug-likeness (QED) is 0.219. The zero-order valence-electron chi connectivity index (χ0n) is 24.0. The van der Waals surface area contributed by atoms with Gasteiger partial charge in [-0.2, -0.15) is 0 Å². The fraction of sp³-hybridized carbons (Fsp3) is 0.724. The molecule has 0 heterocycles. The molecule has 8 heteroatoms. The van der Waals surface area contributed by atoms with E-state index < -0.39 is 29.4 Å². The van der Waals surface area contributed by atoms with Crippen LogP contribution in [-0.4, -0.2) is 55.9 Å². The van der Waals surface area contributed by atoms with Crippen LogP contribution in [0.3, 0.4) is 0 Å². The lowest BCUT2D eigenvalue weighted by atomic mass is 9.80. The standard InChI is InChI=1S/C29H51N3O5/c1-19(2)22(14-21-10-8-11-23(15-21)37-13-9-12-36-7)16-25(30)26(33)17-24(20(3)4)27(34)32-18-29(5,6)28(31)35/h8,10-11,15,19-20,22,24-26,33H,9,12-14,16-18,30H2,1-7H3,(H2,31,35)(H,32,34). The first-order valence-corrected chi connectivity index (χ1v) is 13.5. The maximum absolute atomic E-state index is 12.9. The smallest absolute Gasteiger partial charge is 0.224 e. The minimum absolute atomic E-state index is 0.00562. The summed E-state index contributed by atoms with van der Waals surface area (Å²) < 4.78 is 10.9. The number of primary amides is 1. The van der Waals surface area contributed by atoms with E-state index in [-0.39, 0.29) is 30.7 Å². The van der Waals surface area contributed by atoms with E-state index in [9.17, 15) is 14.7 Å². The van der Waals surface area contributed by atoms with Crippen LogP contribution in [0.2, 0.25) is 0 Å². The number of methoxy groups -OCH3 is 1. The number of nitrogens with two attached hydrogens (primary N) is 2. The number of carbonyl (C=O) groups excluding carboxylic acids is 2. The van der Waals surface area contributed by atoms with Gasteiger partial charge >= 0.3 is 0 Å². The van der Waals surface area contributed by atoms with Crippen LogP contribution in [0.25, 0.3) is 0 Å². The Labute approximate surface area is 223 Å². The molecule has 0 radical (unpaired) electrons. The lowest BCUT2D eigenvalue weighted by Gasteiger charge is -2.30. The number of benzene rings is 1. The van der Waals surface area contributed by atoms with E-state index in [2.05, 4.69) is 31.3 Å². The van der Waals surface area contributed by atoms with Gasteiger partial charge in [0.05, 0.1) is 18.1 Å². The van der Waals surface area contributed by atoms with E-state index in [1.807, 2.05) is 26.0 Å². The summed E-state index contributed by atoms with van der Waals surface area (Å²) in [5.74, 6) is 0.379. The fourth-order valence-electron chi connectivity index (χ4n) is 4.20. The van der Waals surface area contributed by atoms with Crippen LogP contribution < -0.4 is 21.5 Å². The highest BCUT2D eigenvalue weighted by Gasteiger charge is 2.32.